The molecule has 13 heavy (non-hydrogen) atoms. The van der Waals surface area contributed by atoms with Crippen molar-refractivity contribution in [2.75, 3.05) is 0 Å². The van der Waals surface area contributed by atoms with Crippen LogP contribution in [0.5, 0.6) is 0 Å². The van der Waals surface area contributed by atoms with Crippen molar-refractivity contribution in [3.05, 3.63) is 20.0 Å². The van der Waals surface area contributed by atoms with Crippen molar-refractivity contribution in [3.8, 4) is 0 Å². The molecule has 2 rings (SSSR count). The Balaban J connectivity index is 2.72. The number of hydrogen-bond acceptors (Lipinski definition) is 2. The van der Waals surface area contributed by atoms with Crippen LogP contribution in [0, 0.1) is 0 Å². The lowest BCUT2D eigenvalue weighted by molar-refractivity contribution is 0.0691. The largest absolute Gasteiger partial charge is 0.477 e. The summed E-state index contributed by atoms with van der Waals surface area (Å²) in [4.78, 5) is 13.4. The number of halogens is 2. The van der Waals surface area contributed by atoms with E-state index in [0.29, 0.717) is 0 Å². The molecule has 2 heterocycles. The van der Waals surface area contributed by atoms with E-state index < -0.39 is 5.97 Å². The first kappa shape index (κ1) is 9.23. The van der Waals surface area contributed by atoms with Crippen molar-refractivity contribution < 1.29 is 9.90 Å². The van der Waals surface area contributed by atoms with E-state index in [4.69, 9.17) is 5.11 Å². The van der Waals surface area contributed by atoms with Crippen molar-refractivity contribution in [2.24, 2.45) is 0 Å². The van der Waals surface area contributed by atoms with Gasteiger partial charge in [0.05, 0.1) is 18.5 Å². The van der Waals surface area contributed by atoms with Crippen LogP contribution in [0.1, 0.15) is 10.5 Å². The molecule has 0 aliphatic carbocycles. The normalized spacial score (nSPS) is 10.9. The molecule has 0 atom stereocenters. The van der Waals surface area contributed by atoms with Gasteiger partial charge in [0.1, 0.15) is 5.69 Å². The summed E-state index contributed by atoms with van der Waals surface area (Å²) in [6.07, 6.45) is 0. The number of nitrogens with one attached hydrogen (secondary N) is 1. The number of fused-ring (bicyclic) bond motifs is 1. The molecule has 0 saturated carbocycles. The fraction of sp³-hybridized carbons (Fsp3) is 0. The average Bonchev–Trinajstić information content (AvgIpc) is 2.55. The summed E-state index contributed by atoms with van der Waals surface area (Å²) in [5.41, 5.74) is 1.05. The number of aromatic amines is 1. The van der Waals surface area contributed by atoms with Gasteiger partial charge in [0.2, 0.25) is 0 Å². The minimum atomic E-state index is -0.938. The van der Waals surface area contributed by atoms with Crippen molar-refractivity contribution in [3.63, 3.8) is 0 Å². The molecule has 0 radical (unpaired) electrons. The summed E-state index contributed by atoms with van der Waals surface area (Å²) < 4.78 is 2.77. The van der Waals surface area contributed by atoms with Gasteiger partial charge in [-0.2, -0.15) is 0 Å². The van der Waals surface area contributed by atoms with Crippen molar-refractivity contribution in [1.82, 2.24) is 4.98 Å². The van der Waals surface area contributed by atoms with Crippen LogP contribution in [0.4, 0.5) is 0 Å². The molecular weight excluding hydrogens is 322 g/mol. The number of hydrogen-bond donors (Lipinski definition) is 2. The second-order valence-electron chi connectivity index (χ2n) is 2.42. The average molecular weight is 325 g/mol. The first-order valence-corrected chi connectivity index (χ1v) is 5.69. The Hall–Kier alpha value is -0.330. The molecule has 0 fully saturated rings. The highest BCUT2D eigenvalue weighted by atomic mass is 79.9. The van der Waals surface area contributed by atoms with Crippen LogP contribution in [0.2, 0.25) is 0 Å². The molecular formula is C7H3Br2NO2S. The Bertz CT molecular complexity index is 488. The number of rotatable bonds is 1. The number of aromatic nitrogens is 1. The maximum Gasteiger partial charge on any atom is 0.352 e. The van der Waals surface area contributed by atoms with Gasteiger partial charge in [-0.3, -0.25) is 0 Å². The van der Waals surface area contributed by atoms with Gasteiger partial charge in [0.15, 0.2) is 0 Å². The lowest BCUT2D eigenvalue weighted by Gasteiger charge is -1.86. The summed E-state index contributed by atoms with van der Waals surface area (Å²) in [5, 5.41) is 8.71. The third kappa shape index (κ3) is 1.43. The van der Waals surface area contributed by atoms with E-state index in [1.165, 1.54) is 11.3 Å². The standard InChI is InChI=1S/C7H3Br2NO2S/c8-4-5-3(13-6(4)9)1-2(10-5)7(11)12/h1,10H,(H,11,12). The SMILES string of the molecule is O=C(O)c1cc2sc(Br)c(Br)c2[nH]1. The molecule has 0 aliphatic heterocycles. The van der Waals surface area contributed by atoms with E-state index in [1.54, 1.807) is 6.07 Å². The van der Waals surface area contributed by atoms with Crippen molar-refractivity contribution in [2.45, 2.75) is 0 Å². The number of carboxylic acids is 1. The molecule has 2 N–H and O–H groups in total. The van der Waals surface area contributed by atoms with E-state index >= 15 is 0 Å². The van der Waals surface area contributed by atoms with Crippen LogP contribution in [-0.4, -0.2) is 16.1 Å². The van der Waals surface area contributed by atoms with E-state index in [9.17, 15) is 4.79 Å². The molecule has 2 aromatic rings. The molecule has 0 bridgehead atoms. The summed E-state index contributed by atoms with van der Waals surface area (Å²) in [5.74, 6) is -0.938. The quantitative estimate of drug-likeness (QED) is 0.844. The van der Waals surface area contributed by atoms with Gasteiger partial charge in [0.25, 0.3) is 0 Å². The zero-order valence-electron chi connectivity index (χ0n) is 6.10. The number of carboxylic acid groups (broad SMARTS) is 1. The molecule has 0 amide bonds. The van der Waals surface area contributed by atoms with Gasteiger partial charge in [-0.15, -0.1) is 11.3 Å². The highest BCUT2D eigenvalue weighted by Crippen LogP contribution is 2.39. The maximum absolute atomic E-state index is 10.6. The molecule has 3 nitrogen and oxygen atoms in total. The third-order valence-electron chi connectivity index (χ3n) is 1.60. The third-order valence-corrected chi connectivity index (χ3v) is 5.00. The van der Waals surface area contributed by atoms with Gasteiger partial charge in [-0.25, -0.2) is 4.79 Å². The van der Waals surface area contributed by atoms with E-state index in [1.807, 2.05) is 0 Å². The van der Waals surface area contributed by atoms with Crippen molar-refractivity contribution >= 4 is 59.4 Å². The van der Waals surface area contributed by atoms with Crippen LogP contribution in [0.3, 0.4) is 0 Å². The minimum Gasteiger partial charge on any atom is -0.477 e. The Labute approximate surface area is 94.0 Å². The van der Waals surface area contributed by atoms with Crippen LogP contribution >= 0.6 is 43.2 Å². The summed E-state index contributed by atoms with van der Waals surface area (Å²) in [6.45, 7) is 0. The fourth-order valence-corrected chi connectivity index (χ4v) is 3.26. The second kappa shape index (κ2) is 3.11. The Morgan fingerprint density at radius 3 is 2.77 bits per heavy atom. The summed E-state index contributed by atoms with van der Waals surface area (Å²) in [6, 6.07) is 1.62. The first-order chi connectivity index (χ1) is 6.09. The highest BCUT2D eigenvalue weighted by Gasteiger charge is 2.13. The first-order valence-electron chi connectivity index (χ1n) is 3.29. The summed E-state index contributed by atoms with van der Waals surface area (Å²) >= 11 is 8.20. The van der Waals surface area contributed by atoms with Gasteiger partial charge in [0, 0.05) is 0 Å². The molecule has 0 saturated heterocycles. The number of H-pyrrole nitrogens is 1. The Kier molecular flexibility index (Phi) is 2.21. The van der Waals surface area contributed by atoms with Crippen LogP contribution in [-0.2, 0) is 0 Å². The summed E-state index contributed by atoms with van der Waals surface area (Å²) in [7, 11) is 0. The van der Waals surface area contributed by atoms with E-state index in [2.05, 4.69) is 36.8 Å². The van der Waals surface area contributed by atoms with Gasteiger partial charge in [-0.05, 0) is 37.9 Å². The zero-order valence-corrected chi connectivity index (χ0v) is 10.1. The molecule has 0 spiro atoms. The lowest BCUT2D eigenvalue weighted by Crippen LogP contribution is -1.94. The topological polar surface area (TPSA) is 53.1 Å². The van der Waals surface area contributed by atoms with Crippen LogP contribution in [0.15, 0.2) is 14.3 Å². The molecule has 0 aliphatic rings. The number of thiophene rings is 1. The van der Waals surface area contributed by atoms with Gasteiger partial charge >= 0.3 is 5.97 Å². The van der Waals surface area contributed by atoms with E-state index in [-0.39, 0.29) is 5.69 Å². The lowest BCUT2D eigenvalue weighted by atomic mass is 10.4. The molecule has 0 aromatic carbocycles. The minimum absolute atomic E-state index is 0.217. The maximum atomic E-state index is 10.6. The number of aromatic carboxylic acids is 1. The van der Waals surface area contributed by atoms with Gasteiger partial charge < -0.3 is 10.1 Å². The fourth-order valence-electron chi connectivity index (χ4n) is 1.03. The van der Waals surface area contributed by atoms with E-state index in [0.717, 1.165) is 18.5 Å². The van der Waals surface area contributed by atoms with Crippen LogP contribution in [0.25, 0.3) is 10.2 Å². The predicted molar refractivity (Wildman–Crippen MR) is 58.5 cm³/mol. The molecule has 2 aromatic heterocycles. The number of carbonyl (C=O) groups is 1. The highest BCUT2D eigenvalue weighted by molar-refractivity contribution is 9.13. The Morgan fingerprint density at radius 1 is 1.54 bits per heavy atom. The molecule has 0 unspecified atom stereocenters. The van der Waals surface area contributed by atoms with Gasteiger partial charge in [-0.1, -0.05) is 0 Å². The second-order valence-corrected chi connectivity index (χ2v) is 5.58. The molecule has 6 heteroatoms. The van der Waals surface area contributed by atoms with Crippen molar-refractivity contribution in [1.29, 1.82) is 0 Å². The molecule has 68 valence electrons. The zero-order chi connectivity index (χ0) is 9.59. The monoisotopic (exact) mass is 323 g/mol. The Morgan fingerprint density at radius 2 is 2.23 bits per heavy atom. The van der Waals surface area contributed by atoms with Crippen LogP contribution < -0.4 is 0 Å². The predicted octanol–water partition coefficient (Wildman–Crippen LogP) is 3.45. The smallest absolute Gasteiger partial charge is 0.352 e.